The van der Waals surface area contributed by atoms with Gasteiger partial charge in [0, 0.05) is 5.56 Å². The number of aryl methyl sites for hydroxylation is 1. The minimum atomic E-state index is 0.630. The average molecular weight is 338 g/mol. The van der Waals surface area contributed by atoms with Crippen LogP contribution in [-0.4, -0.2) is 12.6 Å². The third kappa shape index (κ3) is 4.64. The van der Waals surface area contributed by atoms with Gasteiger partial charge in [0.05, 0.1) is 5.70 Å². The first kappa shape index (κ1) is 17.6. The van der Waals surface area contributed by atoms with Crippen LogP contribution in [0.25, 0.3) is 5.70 Å². The van der Waals surface area contributed by atoms with Crippen LogP contribution in [-0.2, 0) is 6.42 Å². The van der Waals surface area contributed by atoms with E-state index in [4.69, 9.17) is 4.99 Å². The molecule has 0 heterocycles. The van der Waals surface area contributed by atoms with Crippen molar-refractivity contribution in [2.24, 2.45) is 9.98 Å². The maximum absolute atomic E-state index is 4.83. The number of amidine groups is 1. The summed E-state index contributed by atoms with van der Waals surface area (Å²) < 4.78 is 0. The maximum Gasteiger partial charge on any atom is 0.159 e. The molecule has 0 amide bonds. The summed E-state index contributed by atoms with van der Waals surface area (Å²) in [6, 6.07) is 28.7. The molecule has 0 N–H and O–H groups in total. The molecule has 0 spiro atoms. The van der Waals surface area contributed by atoms with Gasteiger partial charge in [0.1, 0.15) is 0 Å². The topological polar surface area (TPSA) is 24.7 Å². The fraction of sp³-hybridized carbons (Fsp3) is 0.0833. The highest BCUT2D eigenvalue weighted by Gasteiger charge is 2.05. The molecule has 0 saturated carbocycles. The van der Waals surface area contributed by atoms with E-state index in [1.807, 2.05) is 36.4 Å². The second kappa shape index (κ2) is 8.72. The third-order valence-corrected chi connectivity index (χ3v) is 4.13. The fourth-order valence-electron chi connectivity index (χ4n) is 2.67. The Morgan fingerprint density at radius 2 is 1.42 bits per heavy atom. The Morgan fingerprint density at radius 1 is 0.808 bits per heavy atom. The summed E-state index contributed by atoms with van der Waals surface area (Å²) in [5, 5.41) is 0. The largest absolute Gasteiger partial charge is 0.245 e. The zero-order chi connectivity index (χ0) is 18.2. The molecule has 0 saturated heterocycles. The predicted octanol–water partition coefficient (Wildman–Crippen LogP) is 5.73. The molecular formula is C24H22N2. The molecule has 0 radical (unpaired) electrons. The number of aliphatic imine (C=N–C) groups is 2. The van der Waals surface area contributed by atoms with Crippen LogP contribution in [0.3, 0.4) is 0 Å². The van der Waals surface area contributed by atoms with Gasteiger partial charge in [-0.1, -0.05) is 96.6 Å². The summed E-state index contributed by atoms with van der Waals surface area (Å²) in [6.07, 6.45) is 2.96. The van der Waals surface area contributed by atoms with Gasteiger partial charge in [-0.15, -0.1) is 0 Å². The summed E-state index contributed by atoms with van der Waals surface area (Å²) in [6.45, 7) is 5.79. The molecule has 0 fully saturated rings. The minimum absolute atomic E-state index is 0.630. The van der Waals surface area contributed by atoms with Crippen LogP contribution in [0.4, 0.5) is 0 Å². The van der Waals surface area contributed by atoms with E-state index in [2.05, 4.69) is 73.2 Å². The lowest BCUT2D eigenvalue weighted by atomic mass is 10.1. The van der Waals surface area contributed by atoms with Gasteiger partial charge in [-0.2, -0.15) is 0 Å². The van der Waals surface area contributed by atoms with E-state index >= 15 is 0 Å². The summed E-state index contributed by atoms with van der Waals surface area (Å²) in [7, 11) is 0. The molecule has 3 rings (SSSR count). The molecule has 0 atom stereocenters. The monoisotopic (exact) mass is 338 g/mol. The number of benzene rings is 3. The van der Waals surface area contributed by atoms with Crippen LogP contribution in [0.15, 0.2) is 101 Å². The molecule has 128 valence electrons. The highest BCUT2D eigenvalue weighted by Crippen LogP contribution is 2.20. The van der Waals surface area contributed by atoms with Crippen molar-refractivity contribution in [2.75, 3.05) is 0 Å². The zero-order valence-corrected chi connectivity index (χ0v) is 15.0. The van der Waals surface area contributed by atoms with Crippen molar-refractivity contribution in [3.05, 3.63) is 113 Å². The highest BCUT2D eigenvalue weighted by atomic mass is 14.9. The van der Waals surface area contributed by atoms with Gasteiger partial charge < -0.3 is 0 Å². The first-order valence-electron chi connectivity index (χ1n) is 8.68. The number of hydrogen-bond donors (Lipinski definition) is 0. The fourth-order valence-corrected chi connectivity index (χ4v) is 2.67. The second-order valence-electron chi connectivity index (χ2n) is 6.10. The summed E-state index contributed by atoms with van der Waals surface area (Å²) >= 11 is 0. The molecule has 0 aliphatic carbocycles. The van der Waals surface area contributed by atoms with E-state index in [0.717, 1.165) is 23.2 Å². The molecule has 0 unspecified atom stereocenters. The summed E-state index contributed by atoms with van der Waals surface area (Å²) in [5.74, 6) is 0.630. The van der Waals surface area contributed by atoms with E-state index in [9.17, 15) is 0 Å². The van der Waals surface area contributed by atoms with Crippen molar-refractivity contribution in [3.8, 4) is 0 Å². The predicted molar refractivity (Wildman–Crippen MR) is 112 cm³/mol. The van der Waals surface area contributed by atoms with Crippen LogP contribution in [0.1, 0.15) is 22.3 Å². The van der Waals surface area contributed by atoms with Gasteiger partial charge in [-0.05, 0) is 31.2 Å². The van der Waals surface area contributed by atoms with Crippen molar-refractivity contribution in [2.45, 2.75) is 13.3 Å². The third-order valence-electron chi connectivity index (χ3n) is 4.13. The van der Waals surface area contributed by atoms with Gasteiger partial charge in [0.15, 0.2) is 5.84 Å². The molecule has 3 aromatic rings. The van der Waals surface area contributed by atoms with Crippen LogP contribution in [0, 0.1) is 6.92 Å². The Balaban J connectivity index is 2.00. The summed E-state index contributed by atoms with van der Waals surface area (Å²) in [4.78, 5) is 8.98. The van der Waals surface area contributed by atoms with E-state index in [1.54, 1.807) is 0 Å². The van der Waals surface area contributed by atoms with Gasteiger partial charge in [0.2, 0.25) is 0 Å². The van der Waals surface area contributed by atoms with Crippen LogP contribution >= 0.6 is 0 Å². The van der Waals surface area contributed by atoms with Crippen LogP contribution in [0.2, 0.25) is 0 Å². The second-order valence-corrected chi connectivity index (χ2v) is 6.10. The molecule has 26 heavy (non-hydrogen) atoms. The Labute approximate surface area is 155 Å². The molecule has 0 aliphatic heterocycles. The smallest absolute Gasteiger partial charge is 0.159 e. The average Bonchev–Trinajstić information content (AvgIpc) is 2.70. The zero-order valence-electron chi connectivity index (χ0n) is 15.0. The van der Waals surface area contributed by atoms with Crippen LogP contribution < -0.4 is 0 Å². The first-order chi connectivity index (χ1) is 12.8. The molecule has 0 aliphatic rings. The Kier molecular flexibility index (Phi) is 5.89. The summed E-state index contributed by atoms with van der Waals surface area (Å²) in [5.41, 5.74) is 5.41. The van der Waals surface area contributed by atoms with E-state index < -0.39 is 0 Å². The first-order valence-corrected chi connectivity index (χ1v) is 8.68. The number of rotatable bonds is 5. The van der Waals surface area contributed by atoms with Crippen LogP contribution in [0.5, 0.6) is 0 Å². The van der Waals surface area contributed by atoms with Crippen molar-refractivity contribution >= 4 is 18.3 Å². The van der Waals surface area contributed by atoms with Gasteiger partial charge in [-0.3, -0.25) is 0 Å². The standard InChI is InChI=1S/C24H22N2/c1-19-13-16-21(17-14-19)23(18-15-20-9-5-3-6-10-20)26-24(25-2)22-11-7-4-8-12-22/h3-14,16-18H,2,15H2,1H3/b23-18-,26-24-. The molecule has 0 bridgehead atoms. The molecule has 0 aromatic heterocycles. The van der Waals surface area contributed by atoms with E-state index in [0.29, 0.717) is 5.84 Å². The Hall–Kier alpha value is -3.26. The normalized spacial score (nSPS) is 12.0. The Bertz CT molecular complexity index is 905. The highest BCUT2D eigenvalue weighted by molar-refractivity contribution is 6.04. The quantitative estimate of drug-likeness (QED) is 0.419. The van der Waals surface area contributed by atoms with Crippen molar-refractivity contribution < 1.29 is 0 Å². The van der Waals surface area contributed by atoms with Crippen molar-refractivity contribution in [1.29, 1.82) is 0 Å². The van der Waals surface area contributed by atoms with E-state index in [1.165, 1.54) is 11.1 Å². The number of nitrogens with zero attached hydrogens (tertiary/aromatic N) is 2. The van der Waals surface area contributed by atoms with Gasteiger partial charge >= 0.3 is 0 Å². The minimum Gasteiger partial charge on any atom is -0.245 e. The lowest BCUT2D eigenvalue weighted by Crippen LogP contribution is -1.97. The van der Waals surface area contributed by atoms with E-state index in [-0.39, 0.29) is 0 Å². The lowest BCUT2D eigenvalue weighted by molar-refractivity contribution is 1.26. The molecule has 2 heteroatoms. The van der Waals surface area contributed by atoms with Crippen molar-refractivity contribution in [3.63, 3.8) is 0 Å². The van der Waals surface area contributed by atoms with Crippen molar-refractivity contribution in [1.82, 2.24) is 0 Å². The molecular weight excluding hydrogens is 316 g/mol. The lowest BCUT2D eigenvalue weighted by Gasteiger charge is -2.07. The molecule has 2 nitrogen and oxygen atoms in total. The van der Waals surface area contributed by atoms with Gasteiger partial charge in [0.25, 0.3) is 0 Å². The number of allylic oxidation sites excluding steroid dienone is 1. The van der Waals surface area contributed by atoms with Gasteiger partial charge in [-0.25, -0.2) is 9.98 Å². The Morgan fingerprint density at radius 3 is 2.04 bits per heavy atom. The number of hydrogen-bond acceptors (Lipinski definition) is 1. The SMILES string of the molecule is C=N/C(=N\C(=C/Cc1ccccc1)c1ccc(C)cc1)c1ccccc1. The maximum atomic E-state index is 4.83. The molecule has 3 aromatic carbocycles.